The molecule has 0 aliphatic heterocycles. The van der Waals surface area contributed by atoms with E-state index in [1.165, 1.54) is 0 Å². The highest BCUT2D eigenvalue weighted by atomic mass is 16.4. The zero-order valence-electron chi connectivity index (χ0n) is 11.7. The summed E-state index contributed by atoms with van der Waals surface area (Å²) in [4.78, 5) is 23.2. The SMILES string of the molecule is O=C(NC1CCCCC1O)N[C@H](C(=O)O)c1ccccc1. The lowest BCUT2D eigenvalue weighted by Crippen LogP contribution is -2.50. The average molecular weight is 292 g/mol. The Morgan fingerprint density at radius 2 is 1.81 bits per heavy atom. The first-order chi connectivity index (χ1) is 10.1. The number of benzene rings is 1. The number of carboxylic acids is 1. The molecule has 2 rings (SSSR count). The van der Waals surface area contributed by atoms with Crippen molar-refractivity contribution in [1.29, 1.82) is 0 Å². The summed E-state index contributed by atoms with van der Waals surface area (Å²) < 4.78 is 0. The van der Waals surface area contributed by atoms with Gasteiger partial charge in [0.25, 0.3) is 0 Å². The van der Waals surface area contributed by atoms with Crippen molar-refractivity contribution in [2.75, 3.05) is 0 Å². The number of carboxylic acid groups (broad SMARTS) is 1. The van der Waals surface area contributed by atoms with E-state index in [1.54, 1.807) is 30.3 Å². The number of aliphatic hydroxyl groups is 1. The number of hydrogen-bond acceptors (Lipinski definition) is 3. The summed E-state index contributed by atoms with van der Waals surface area (Å²) in [5, 5.41) is 24.2. The van der Waals surface area contributed by atoms with Crippen molar-refractivity contribution >= 4 is 12.0 Å². The van der Waals surface area contributed by atoms with E-state index in [4.69, 9.17) is 0 Å². The van der Waals surface area contributed by atoms with Gasteiger partial charge in [0.05, 0.1) is 12.1 Å². The van der Waals surface area contributed by atoms with Crippen LogP contribution in [0, 0.1) is 0 Å². The number of rotatable bonds is 4. The van der Waals surface area contributed by atoms with E-state index < -0.39 is 24.1 Å². The predicted molar refractivity (Wildman–Crippen MR) is 76.7 cm³/mol. The molecule has 1 aliphatic carbocycles. The van der Waals surface area contributed by atoms with Crippen molar-refractivity contribution in [2.24, 2.45) is 0 Å². The minimum Gasteiger partial charge on any atom is -0.479 e. The molecule has 21 heavy (non-hydrogen) atoms. The van der Waals surface area contributed by atoms with Gasteiger partial charge in [0.2, 0.25) is 0 Å². The van der Waals surface area contributed by atoms with Gasteiger partial charge in [-0.1, -0.05) is 43.2 Å². The Balaban J connectivity index is 1.97. The number of amides is 2. The lowest BCUT2D eigenvalue weighted by atomic mass is 9.93. The predicted octanol–water partition coefficient (Wildman–Crippen LogP) is 1.41. The molecule has 0 aromatic heterocycles. The molecule has 1 aromatic rings. The molecule has 3 atom stereocenters. The average Bonchev–Trinajstić information content (AvgIpc) is 2.48. The van der Waals surface area contributed by atoms with Crippen LogP contribution in [0.15, 0.2) is 30.3 Å². The highest BCUT2D eigenvalue weighted by Crippen LogP contribution is 2.18. The molecule has 0 radical (unpaired) electrons. The maximum Gasteiger partial charge on any atom is 0.330 e. The zero-order chi connectivity index (χ0) is 15.2. The van der Waals surface area contributed by atoms with Crippen LogP contribution < -0.4 is 10.6 Å². The second-order valence-electron chi connectivity index (χ2n) is 5.26. The van der Waals surface area contributed by atoms with E-state index in [2.05, 4.69) is 10.6 Å². The molecule has 6 nitrogen and oxygen atoms in total. The van der Waals surface area contributed by atoms with Crippen molar-refractivity contribution in [3.05, 3.63) is 35.9 Å². The molecule has 1 fully saturated rings. The molecule has 4 N–H and O–H groups in total. The summed E-state index contributed by atoms with van der Waals surface area (Å²) in [6.07, 6.45) is 2.69. The minimum atomic E-state index is -1.12. The molecule has 2 amide bonds. The van der Waals surface area contributed by atoms with Gasteiger partial charge in [-0.15, -0.1) is 0 Å². The molecule has 1 saturated carbocycles. The largest absolute Gasteiger partial charge is 0.479 e. The van der Waals surface area contributed by atoms with Gasteiger partial charge in [-0.05, 0) is 18.4 Å². The Bertz CT molecular complexity index is 492. The minimum absolute atomic E-state index is 0.316. The van der Waals surface area contributed by atoms with Crippen LogP contribution >= 0.6 is 0 Å². The maximum atomic E-state index is 11.9. The van der Waals surface area contributed by atoms with E-state index in [9.17, 15) is 19.8 Å². The summed E-state index contributed by atoms with van der Waals surface area (Å²) in [6, 6.07) is 6.52. The third kappa shape index (κ3) is 4.19. The maximum absolute atomic E-state index is 11.9. The molecule has 0 bridgehead atoms. The van der Waals surface area contributed by atoms with Crippen molar-refractivity contribution in [2.45, 2.75) is 43.9 Å². The quantitative estimate of drug-likeness (QED) is 0.674. The Kier molecular flexibility index (Phi) is 5.16. The van der Waals surface area contributed by atoms with Gasteiger partial charge in [-0.3, -0.25) is 0 Å². The third-order valence-electron chi connectivity index (χ3n) is 3.70. The van der Waals surface area contributed by atoms with Crippen LogP contribution in [0.3, 0.4) is 0 Å². The summed E-state index contributed by atoms with van der Waals surface area (Å²) in [6.45, 7) is 0. The molecule has 114 valence electrons. The summed E-state index contributed by atoms with van der Waals surface area (Å²) in [7, 11) is 0. The van der Waals surface area contributed by atoms with Crippen molar-refractivity contribution in [3.63, 3.8) is 0 Å². The van der Waals surface area contributed by atoms with Gasteiger partial charge >= 0.3 is 12.0 Å². The van der Waals surface area contributed by atoms with Crippen LogP contribution in [0.25, 0.3) is 0 Å². The van der Waals surface area contributed by atoms with Crippen LogP contribution in [0.2, 0.25) is 0 Å². The number of aliphatic hydroxyl groups excluding tert-OH is 1. The topological polar surface area (TPSA) is 98.7 Å². The summed E-state index contributed by atoms with van der Waals surface area (Å²) in [5.41, 5.74) is 0.504. The standard InChI is InChI=1S/C15H20N2O4/c18-12-9-5-4-8-11(12)16-15(21)17-13(14(19)20)10-6-2-1-3-7-10/h1-3,6-7,11-13,18H,4-5,8-9H2,(H,19,20)(H2,16,17,21)/t11?,12?,13-/m0/s1. The molecule has 0 spiro atoms. The van der Waals surface area contributed by atoms with Gasteiger partial charge < -0.3 is 20.8 Å². The fourth-order valence-corrected chi connectivity index (χ4v) is 2.55. The highest BCUT2D eigenvalue weighted by molar-refractivity contribution is 5.83. The van der Waals surface area contributed by atoms with Crippen LogP contribution in [0.1, 0.15) is 37.3 Å². The molecule has 0 heterocycles. The molecular weight excluding hydrogens is 272 g/mol. The Labute approximate surface area is 123 Å². The van der Waals surface area contributed by atoms with E-state index in [0.29, 0.717) is 18.4 Å². The second-order valence-corrected chi connectivity index (χ2v) is 5.26. The lowest BCUT2D eigenvalue weighted by Gasteiger charge is -2.29. The number of nitrogens with one attached hydrogen (secondary N) is 2. The molecule has 1 aromatic carbocycles. The first kappa shape index (κ1) is 15.3. The first-order valence-corrected chi connectivity index (χ1v) is 7.11. The normalized spacial score (nSPS) is 23.1. The fourth-order valence-electron chi connectivity index (χ4n) is 2.55. The lowest BCUT2D eigenvalue weighted by molar-refractivity contribution is -0.139. The zero-order valence-corrected chi connectivity index (χ0v) is 11.7. The number of carbonyl (C=O) groups excluding carboxylic acids is 1. The smallest absolute Gasteiger partial charge is 0.330 e. The van der Waals surface area contributed by atoms with Gasteiger partial charge in [-0.2, -0.15) is 0 Å². The monoisotopic (exact) mass is 292 g/mol. The van der Waals surface area contributed by atoms with E-state index >= 15 is 0 Å². The van der Waals surface area contributed by atoms with Gasteiger partial charge in [0.1, 0.15) is 0 Å². The third-order valence-corrected chi connectivity index (χ3v) is 3.70. The van der Waals surface area contributed by atoms with E-state index in [1.807, 2.05) is 0 Å². The summed E-state index contributed by atoms with van der Waals surface area (Å²) in [5.74, 6) is -1.12. The number of urea groups is 1. The van der Waals surface area contributed by atoms with Crippen LogP contribution in [0.5, 0.6) is 0 Å². The highest BCUT2D eigenvalue weighted by Gasteiger charge is 2.27. The Morgan fingerprint density at radius 3 is 2.43 bits per heavy atom. The van der Waals surface area contributed by atoms with Crippen LogP contribution in [0.4, 0.5) is 4.79 Å². The fraction of sp³-hybridized carbons (Fsp3) is 0.467. The van der Waals surface area contributed by atoms with Crippen molar-refractivity contribution in [3.8, 4) is 0 Å². The van der Waals surface area contributed by atoms with Gasteiger partial charge in [-0.25, -0.2) is 9.59 Å². The number of carbonyl (C=O) groups is 2. The molecule has 2 unspecified atom stereocenters. The van der Waals surface area contributed by atoms with Gasteiger partial charge in [0, 0.05) is 0 Å². The van der Waals surface area contributed by atoms with Crippen molar-refractivity contribution in [1.82, 2.24) is 10.6 Å². The van der Waals surface area contributed by atoms with Gasteiger partial charge in [0.15, 0.2) is 6.04 Å². The molecule has 6 heteroatoms. The van der Waals surface area contributed by atoms with Crippen LogP contribution in [-0.2, 0) is 4.79 Å². The Morgan fingerprint density at radius 1 is 1.14 bits per heavy atom. The van der Waals surface area contributed by atoms with E-state index in [-0.39, 0.29) is 6.04 Å². The summed E-state index contributed by atoms with van der Waals surface area (Å²) >= 11 is 0. The first-order valence-electron chi connectivity index (χ1n) is 7.11. The van der Waals surface area contributed by atoms with Crippen molar-refractivity contribution < 1.29 is 19.8 Å². The molecular formula is C15H20N2O4. The number of hydrogen-bond donors (Lipinski definition) is 4. The van der Waals surface area contributed by atoms with E-state index in [0.717, 1.165) is 12.8 Å². The molecule has 0 saturated heterocycles. The Hall–Kier alpha value is -2.08. The molecule has 1 aliphatic rings. The van der Waals surface area contributed by atoms with Crippen LogP contribution in [-0.4, -0.2) is 34.4 Å². The second kappa shape index (κ2) is 7.08. The number of aliphatic carboxylic acids is 1.